The lowest BCUT2D eigenvalue weighted by atomic mass is 10.2. The molecular weight excluding hydrogens is 156 g/mol. The molecular formula is C8H16N2O2. The summed E-state index contributed by atoms with van der Waals surface area (Å²) in [5.74, 6) is 0.0352. The third-order valence-electron chi connectivity index (χ3n) is 1.89. The second kappa shape index (κ2) is 5.11. The minimum absolute atomic E-state index is 0.0352. The zero-order valence-corrected chi connectivity index (χ0v) is 7.43. The summed E-state index contributed by atoms with van der Waals surface area (Å²) in [6.45, 7) is 1.87. The summed E-state index contributed by atoms with van der Waals surface area (Å²) in [5.41, 5.74) is 0. The van der Waals surface area contributed by atoms with Crippen molar-refractivity contribution in [3.63, 3.8) is 0 Å². The lowest BCUT2D eigenvalue weighted by molar-refractivity contribution is -0.120. The molecule has 70 valence electrons. The first kappa shape index (κ1) is 9.48. The molecule has 4 heteroatoms. The Morgan fingerprint density at radius 1 is 1.67 bits per heavy atom. The molecule has 0 radical (unpaired) electrons. The van der Waals surface area contributed by atoms with Crippen LogP contribution in [0.1, 0.15) is 12.8 Å². The molecule has 1 atom stereocenters. The quantitative estimate of drug-likeness (QED) is 0.601. The van der Waals surface area contributed by atoms with Crippen molar-refractivity contribution in [3.8, 4) is 0 Å². The fraction of sp³-hybridized carbons (Fsp3) is 0.875. The summed E-state index contributed by atoms with van der Waals surface area (Å²) in [6, 6.07) is 0. The zero-order valence-electron chi connectivity index (χ0n) is 7.43. The average Bonchev–Trinajstić information content (AvgIpc) is 2.53. The number of rotatable bonds is 4. The van der Waals surface area contributed by atoms with Gasteiger partial charge < -0.3 is 15.4 Å². The molecule has 0 aromatic rings. The van der Waals surface area contributed by atoms with Crippen LogP contribution in [0.3, 0.4) is 0 Å². The van der Waals surface area contributed by atoms with E-state index >= 15 is 0 Å². The summed E-state index contributed by atoms with van der Waals surface area (Å²) in [6.07, 6.45) is 2.43. The van der Waals surface area contributed by atoms with Crippen molar-refractivity contribution < 1.29 is 9.53 Å². The topological polar surface area (TPSA) is 50.4 Å². The third-order valence-corrected chi connectivity index (χ3v) is 1.89. The smallest absolute Gasteiger partial charge is 0.234 e. The van der Waals surface area contributed by atoms with E-state index < -0.39 is 0 Å². The Bertz CT molecular complexity index is 144. The van der Waals surface area contributed by atoms with Gasteiger partial charge in [-0.05, 0) is 19.9 Å². The summed E-state index contributed by atoms with van der Waals surface area (Å²) < 4.78 is 5.35. The molecule has 1 amide bonds. The number of ether oxygens (including phenoxy) is 1. The van der Waals surface area contributed by atoms with Crippen LogP contribution in [0.2, 0.25) is 0 Å². The lowest BCUT2D eigenvalue weighted by Crippen LogP contribution is -2.36. The van der Waals surface area contributed by atoms with E-state index in [9.17, 15) is 4.79 Å². The molecule has 1 aliphatic heterocycles. The molecule has 0 aliphatic carbocycles. The summed E-state index contributed by atoms with van der Waals surface area (Å²) >= 11 is 0. The summed E-state index contributed by atoms with van der Waals surface area (Å²) in [4.78, 5) is 11.0. The monoisotopic (exact) mass is 172 g/mol. The van der Waals surface area contributed by atoms with E-state index in [4.69, 9.17) is 4.74 Å². The average molecular weight is 172 g/mol. The molecule has 0 aromatic carbocycles. The van der Waals surface area contributed by atoms with Crippen molar-refractivity contribution in [2.45, 2.75) is 18.9 Å². The molecule has 2 N–H and O–H groups in total. The normalized spacial score (nSPS) is 22.6. The van der Waals surface area contributed by atoms with Gasteiger partial charge in [0.05, 0.1) is 12.6 Å². The van der Waals surface area contributed by atoms with Gasteiger partial charge in [0.1, 0.15) is 0 Å². The van der Waals surface area contributed by atoms with Crippen LogP contribution in [0.5, 0.6) is 0 Å². The van der Waals surface area contributed by atoms with Gasteiger partial charge in [0, 0.05) is 13.2 Å². The number of amides is 1. The van der Waals surface area contributed by atoms with Crippen LogP contribution < -0.4 is 10.6 Å². The van der Waals surface area contributed by atoms with Crippen molar-refractivity contribution in [1.29, 1.82) is 0 Å². The van der Waals surface area contributed by atoms with Gasteiger partial charge in [0.15, 0.2) is 0 Å². The van der Waals surface area contributed by atoms with Gasteiger partial charge in [0.2, 0.25) is 5.91 Å². The molecule has 1 aliphatic rings. The van der Waals surface area contributed by atoms with E-state index in [1.807, 2.05) is 0 Å². The highest BCUT2D eigenvalue weighted by atomic mass is 16.5. The Balaban J connectivity index is 2.03. The van der Waals surface area contributed by atoms with E-state index in [2.05, 4.69) is 10.6 Å². The molecule has 1 rings (SSSR count). The maximum absolute atomic E-state index is 11.0. The summed E-state index contributed by atoms with van der Waals surface area (Å²) in [7, 11) is 1.76. The highest BCUT2D eigenvalue weighted by Crippen LogP contribution is 2.10. The molecule has 1 heterocycles. The predicted octanol–water partition coefficient (Wildman–Crippen LogP) is -0.499. The molecule has 1 fully saturated rings. The zero-order chi connectivity index (χ0) is 8.81. The first-order valence-corrected chi connectivity index (χ1v) is 4.36. The summed E-state index contributed by atoms with van der Waals surface area (Å²) in [5, 5.41) is 5.59. The molecule has 12 heavy (non-hydrogen) atoms. The first-order valence-electron chi connectivity index (χ1n) is 4.36. The van der Waals surface area contributed by atoms with Gasteiger partial charge >= 0.3 is 0 Å². The van der Waals surface area contributed by atoms with Crippen molar-refractivity contribution in [3.05, 3.63) is 0 Å². The van der Waals surface area contributed by atoms with E-state index in [0.717, 1.165) is 19.4 Å². The van der Waals surface area contributed by atoms with Crippen LogP contribution in [-0.4, -0.2) is 38.8 Å². The molecule has 0 saturated carbocycles. The Hall–Kier alpha value is -0.610. The fourth-order valence-electron chi connectivity index (χ4n) is 1.26. The van der Waals surface area contributed by atoms with E-state index in [1.54, 1.807) is 7.05 Å². The van der Waals surface area contributed by atoms with Crippen LogP contribution in [-0.2, 0) is 9.53 Å². The van der Waals surface area contributed by atoms with Gasteiger partial charge in [-0.3, -0.25) is 4.79 Å². The Kier molecular flexibility index (Phi) is 4.04. The van der Waals surface area contributed by atoms with E-state index in [1.165, 1.54) is 0 Å². The number of carbonyl (C=O) groups is 1. The maximum Gasteiger partial charge on any atom is 0.234 e. The van der Waals surface area contributed by atoms with Gasteiger partial charge in [-0.2, -0.15) is 0 Å². The predicted molar refractivity (Wildman–Crippen MR) is 45.9 cm³/mol. The van der Waals surface area contributed by atoms with Crippen molar-refractivity contribution >= 4 is 5.91 Å². The van der Waals surface area contributed by atoms with Crippen molar-refractivity contribution in [2.75, 3.05) is 26.7 Å². The molecule has 0 spiro atoms. The standard InChI is InChI=1S/C8H16N2O2/c1-9-6-8(11)10-5-7-3-2-4-12-7/h7,9H,2-6H2,1H3,(H,10,11)/t7-/m1/s1. The van der Waals surface area contributed by atoms with Crippen LogP contribution in [0.4, 0.5) is 0 Å². The minimum atomic E-state index is 0.0352. The van der Waals surface area contributed by atoms with Gasteiger partial charge in [0.25, 0.3) is 0 Å². The highest BCUT2D eigenvalue weighted by molar-refractivity contribution is 5.77. The van der Waals surface area contributed by atoms with Gasteiger partial charge in [-0.25, -0.2) is 0 Å². The van der Waals surface area contributed by atoms with Gasteiger partial charge in [-0.1, -0.05) is 0 Å². The number of nitrogens with one attached hydrogen (secondary N) is 2. The largest absolute Gasteiger partial charge is 0.376 e. The van der Waals surface area contributed by atoms with E-state index in [-0.39, 0.29) is 12.0 Å². The minimum Gasteiger partial charge on any atom is -0.376 e. The maximum atomic E-state index is 11.0. The number of carbonyl (C=O) groups excluding carboxylic acids is 1. The molecule has 4 nitrogen and oxygen atoms in total. The lowest BCUT2D eigenvalue weighted by Gasteiger charge is -2.10. The Labute approximate surface area is 72.7 Å². The van der Waals surface area contributed by atoms with Crippen molar-refractivity contribution in [1.82, 2.24) is 10.6 Å². The van der Waals surface area contributed by atoms with Crippen LogP contribution in [0.15, 0.2) is 0 Å². The van der Waals surface area contributed by atoms with Gasteiger partial charge in [-0.15, -0.1) is 0 Å². The first-order chi connectivity index (χ1) is 5.83. The second-order valence-electron chi connectivity index (χ2n) is 2.97. The van der Waals surface area contributed by atoms with E-state index in [0.29, 0.717) is 13.1 Å². The highest BCUT2D eigenvalue weighted by Gasteiger charge is 2.15. The van der Waals surface area contributed by atoms with Crippen LogP contribution in [0.25, 0.3) is 0 Å². The molecule has 0 unspecified atom stereocenters. The number of hydrogen-bond acceptors (Lipinski definition) is 3. The third kappa shape index (κ3) is 3.19. The SMILES string of the molecule is CNCC(=O)NC[C@H]1CCCO1. The number of likely N-dealkylation sites (N-methyl/N-ethyl adjacent to an activating group) is 1. The van der Waals surface area contributed by atoms with Crippen LogP contribution in [0, 0.1) is 0 Å². The Morgan fingerprint density at radius 3 is 3.08 bits per heavy atom. The van der Waals surface area contributed by atoms with Crippen molar-refractivity contribution in [2.24, 2.45) is 0 Å². The molecule has 0 bridgehead atoms. The fourth-order valence-corrected chi connectivity index (χ4v) is 1.26. The number of hydrogen-bond donors (Lipinski definition) is 2. The molecule has 0 aromatic heterocycles. The Morgan fingerprint density at radius 2 is 2.50 bits per heavy atom. The van der Waals surface area contributed by atoms with Crippen LogP contribution >= 0.6 is 0 Å². The second-order valence-corrected chi connectivity index (χ2v) is 2.97. The molecule has 1 saturated heterocycles.